The van der Waals surface area contributed by atoms with Crippen LogP contribution >= 0.6 is 23.2 Å². The fraction of sp³-hybridized carbons (Fsp3) is 0.571. The van der Waals surface area contributed by atoms with Gasteiger partial charge in [-0.25, -0.2) is 0 Å². The van der Waals surface area contributed by atoms with Crippen molar-refractivity contribution in [3.63, 3.8) is 0 Å². The maximum Gasteiger partial charge on any atom is 0.0940 e. The first kappa shape index (κ1) is 15.1. The minimum absolute atomic E-state index is 0.0360. The molecule has 0 spiro atoms. The van der Waals surface area contributed by atoms with Gasteiger partial charge in [-0.2, -0.15) is 0 Å². The molecule has 19 heavy (non-hydrogen) atoms. The third-order valence-corrected chi connectivity index (χ3v) is 3.75. The van der Waals surface area contributed by atoms with Crippen molar-refractivity contribution < 1.29 is 9.84 Å². The SMILES string of the molecule is CC1(C)CN(Cc2ccc(Cl)cc2Cl)CC(CO)O1. The summed E-state index contributed by atoms with van der Waals surface area (Å²) in [5.74, 6) is 0. The molecule has 0 saturated carbocycles. The third kappa shape index (κ3) is 4.07. The molecular formula is C14H19Cl2NO2. The van der Waals surface area contributed by atoms with Gasteiger partial charge in [0.05, 0.1) is 18.3 Å². The minimum Gasteiger partial charge on any atom is -0.394 e. The quantitative estimate of drug-likeness (QED) is 0.932. The molecule has 106 valence electrons. The van der Waals surface area contributed by atoms with Gasteiger partial charge in [0.1, 0.15) is 0 Å². The standard InChI is InChI=1S/C14H19Cl2NO2/c1-14(2)9-17(7-12(8-18)19-14)6-10-3-4-11(15)5-13(10)16/h3-5,12,18H,6-9H2,1-2H3. The van der Waals surface area contributed by atoms with Crippen LogP contribution in [0.3, 0.4) is 0 Å². The molecule has 0 radical (unpaired) electrons. The molecule has 1 fully saturated rings. The first-order valence-electron chi connectivity index (χ1n) is 6.34. The molecule has 1 aliphatic heterocycles. The van der Waals surface area contributed by atoms with E-state index in [1.54, 1.807) is 6.07 Å². The molecule has 2 rings (SSSR count). The lowest BCUT2D eigenvalue weighted by Crippen LogP contribution is -2.53. The zero-order valence-corrected chi connectivity index (χ0v) is 12.7. The Bertz CT molecular complexity index is 451. The molecule has 1 aliphatic rings. The number of benzene rings is 1. The first-order chi connectivity index (χ1) is 8.89. The van der Waals surface area contributed by atoms with Gasteiger partial charge in [0.2, 0.25) is 0 Å². The van der Waals surface area contributed by atoms with Crippen molar-refractivity contribution in [3.8, 4) is 0 Å². The Morgan fingerprint density at radius 2 is 2.16 bits per heavy atom. The van der Waals surface area contributed by atoms with E-state index in [0.29, 0.717) is 16.6 Å². The van der Waals surface area contributed by atoms with E-state index in [0.717, 1.165) is 18.7 Å². The second-order valence-corrected chi connectivity index (χ2v) is 6.43. The van der Waals surface area contributed by atoms with Crippen molar-refractivity contribution in [3.05, 3.63) is 33.8 Å². The maximum absolute atomic E-state index is 9.30. The smallest absolute Gasteiger partial charge is 0.0940 e. The van der Waals surface area contributed by atoms with Crippen LogP contribution in [0.5, 0.6) is 0 Å². The lowest BCUT2D eigenvalue weighted by Gasteiger charge is -2.42. The number of ether oxygens (including phenoxy) is 1. The summed E-state index contributed by atoms with van der Waals surface area (Å²) < 4.78 is 5.79. The molecule has 1 heterocycles. The fourth-order valence-electron chi connectivity index (χ4n) is 2.52. The average molecular weight is 304 g/mol. The highest BCUT2D eigenvalue weighted by molar-refractivity contribution is 6.35. The molecule has 3 nitrogen and oxygen atoms in total. The summed E-state index contributed by atoms with van der Waals surface area (Å²) in [6.45, 7) is 6.35. The van der Waals surface area contributed by atoms with Crippen LogP contribution < -0.4 is 0 Å². The van der Waals surface area contributed by atoms with Gasteiger partial charge in [-0.15, -0.1) is 0 Å². The number of aliphatic hydroxyl groups is 1. The van der Waals surface area contributed by atoms with E-state index in [1.165, 1.54) is 0 Å². The Labute approximate surface area is 124 Å². The molecular weight excluding hydrogens is 285 g/mol. The first-order valence-corrected chi connectivity index (χ1v) is 7.10. The van der Waals surface area contributed by atoms with Crippen LogP contribution in [0, 0.1) is 0 Å². The van der Waals surface area contributed by atoms with Gasteiger partial charge in [0.25, 0.3) is 0 Å². The molecule has 1 unspecified atom stereocenters. The van der Waals surface area contributed by atoms with Crippen molar-refractivity contribution in [2.45, 2.75) is 32.1 Å². The third-order valence-electron chi connectivity index (χ3n) is 3.16. The van der Waals surface area contributed by atoms with Crippen LogP contribution in [0.15, 0.2) is 18.2 Å². The number of rotatable bonds is 3. The van der Waals surface area contributed by atoms with E-state index in [-0.39, 0.29) is 18.3 Å². The van der Waals surface area contributed by atoms with E-state index >= 15 is 0 Å². The molecule has 0 aliphatic carbocycles. The van der Waals surface area contributed by atoms with E-state index in [4.69, 9.17) is 27.9 Å². The van der Waals surface area contributed by atoms with Gasteiger partial charge < -0.3 is 9.84 Å². The summed E-state index contributed by atoms with van der Waals surface area (Å²) in [6, 6.07) is 5.55. The van der Waals surface area contributed by atoms with E-state index in [9.17, 15) is 5.11 Å². The average Bonchev–Trinajstić information content (AvgIpc) is 2.31. The van der Waals surface area contributed by atoms with Gasteiger partial charge in [-0.1, -0.05) is 29.3 Å². The second kappa shape index (κ2) is 5.98. The van der Waals surface area contributed by atoms with Crippen LogP contribution in [-0.2, 0) is 11.3 Å². The zero-order valence-electron chi connectivity index (χ0n) is 11.2. The Hall–Kier alpha value is -0.320. The van der Waals surface area contributed by atoms with Crippen molar-refractivity contribution >= 4 is 23.2 Å². The maximum atomic E-state index is 9.30. The monoisotopic (exact) mass is 303 g/mol. The van der Waals surface area contributed by atoms with E-state index < -0.39 is 0 Å². The predicted octanol–water partition coefficient (Wildman–Crippen LogP) is 2.97. The molecule has 1 aromatic rings. The van der Waals surface area contributed by atoms with Crippen LogP contribution in [0.4, 0.5) is 0 Å². The van der Waals surface area contributed by atoms with Gasteiger partial charge in [-0.3, -0.25) is 4.90 Å². The number of aliphatic hydroxyl groups excluding tert-OH is 1. The lowest BCUT2D eigenvalue weighted by atomic mass is 10.0. The van der Waals surface area contributed by atoms with Gasteiger partial charge in [0.15, 0.2) is 0 Å². The molecule has 1 aromatic carbocycles. The summed E-state index contributed by atoms with van der Waals surface area (Å²) in [7, 11) is 0. The number of morpholine rings is 1. The van der Waals surface area contributed by atoms with Gasteiger partial charge in [-0.05, 0) is 31.5 Å². The van der Waals surface area contributed by atoms with Crippen LogP contribution in [-0.4, -0.2) is 41.4 Å². The summed E-state index contributed by atoms with van der Waals surface area (Å²) >= 11 is 12.1. The molecule has 0 amide bonds. The van der Waals surface area contributed by atoms with Crippen LogP contribution in [0.2, 0.25) is 10.0 Å². The normalized spacial score (nSPS) is 23.5. The van der Waals surface area contributed by atoms with Crippen molar-refractivity contribution in [2.75, 3.05) is 19.7 Å². The zero-order chi connectivity index (χ0) is 14.0. The molecule has 0 aromatic heterocycles. The molecule has 0 bridgehead atoms. The Kier molecular flexibility index (Phi) is 4.75. The second-order valence-electron chi connectivity index (χ2n) is 5.59. The predicted molar refractivity (Wildman–Crippen MR) is 77.8 cm³/mol. The molecule has 1 saturated heterocycles. The van der Waals surface area contributed by atoms with Crippen molar-refractivity contribution in [1.82, 2.24) is 4.90 Å². The van der Waals surface area contributed by atoms with Crippen molar-refractivity contribution in [1.29, 1.82) is 0 Å². The highest BCUT2D eigenvalue weighted by Crippen LogP contribution is 2.26. The van der Waals surface area contributed by atoms with Crippen LogP contribution in [0.25, 0.3) is 0 Å². The Morgan fingerprint density at radius 3 is 2.79 bits per heavy atom. The van der Waals surface area contributed by atoms with E-state index in [2.05, 4.69) is 4.90 Å². The van der Waals surface area contributed by atoms with E-state index in [1.807, 2.05) is 26.0 Å². The number of halogens is 2. The summed E-state index contributed by atoms with van der Waals surface area (Å²) in [5.41, 5.74) is 0.783. The highest BCUT2D eigenvalue weighted by atomic mass is 35.5. The van der Waals surface area contributed by atoms with Crippen LogP contribution in [0.1, 0.15) is 19.4 Å². The largest absolute Gasteiger partial charge is 0.394 e. The summed E-state index contributed by atoms with van der Waals surface area (Å²) in [4.78, 5) is 2.25. The molecule has 5 heteroatoms. The number of nitrogens with zero attached hydrogens (tertiary/aromatic N) is 1. The van der Waals surface area contributed by atoms with Crippen molar-refractivity contribution in [2.24, 2.45) is 0 Å². The van der Waals surface area contributed by atoms with Gasteiger partial charge >= 0.3 is 0 Å². The highest BCUT2D eigenvalue weighted by Gasteiger charge is 2.33. The fourth-order valence-corrected chi connectivity index (χ4v) is 2.99. The lowest BCUT2D eigenvalue weighted by molar-refractivity contribution is -0.150. The molecule has 1 N–H and O–H groups in total. The summed E-state index contributed by atoms with van der Waals surface area (Å²) in [6.07, 6.45) is -0.144. The van der Waals surface area contributed by atoms with Gasteiger partial charge in [0, 0.05) is 29.7 Å². The topological polar surface area (TPSA) is 32.7 Å². The summed E-state index contributed by atoms with van der Waals surface area (Å²) in [5, 5.41) is 10.6. The minimum atomic E-state index is -0.259. The number of hydrogen-bond donors (Lipinski definition) is 1. The Morgan fingerprint density at radius 1 is 1.42 bits per heavy atom. The molecule has 1 atom stereocenters. The number of hydrogen-bond acceptors (Lipinski definition) is 3. The Balaban J connectivity index is 2.09.